The van der Waals surface area contributed by atoms with Gasteiger partial charge in [-0.2, -0.15) is 4.98 Å². The highest BCUT2D eigenvalue weighted by Gasteiger charge is 2.24. The average molecular weight is 471 g/mol. The third-order valence-corrected chi connectivity index (χ3v) is 6.24. The summed E-state index contributed by atoms with van der Waals surface area (Å²) in [7, 11) is 0. The van der Waals surface area contributed by atoms with Crippen LogP contribution in [0.25, 0.3) is 22.0 Å². The maximum absolute atomic E-state index is 13.8. The van der Waals surface area contributed by atoms with Gasteiger partial charge in [-0.25, -0.2) is 14.2 Å². The monoisotopic (exact) mass is 470 g/mol. The van der Waals surface area contributed by atoms with Crippen LogP contribution < -0.4 is 16.0 Å². The first-order valence-electron chi connectivity index (χ1n) is 11.6. The van der Waals surface area contributed by atoms with Crippen molar-refractivity contribution in [3.8, 4) is 11.1 Å². The van der Waals surface area contributed by atoms with Gasteiger partial charge in [-0.15, -0.1) is 0 Å². The molecule has 35 heavy (non-hydrogen) atoms. The van der Waals surface area contributed by atoms with Crippen molar-refractivity contribution in [2.45, 2.75) is 13.5 Å². The van der Waals surface area contributed by atoms with Crippen molar-refractivity contribution < 1.29 is 9.18 Å². The summed E-state index contributed by atoms with van der Waals surface area (Å²) >= 11 is 0. The van der Waals surface area contributed by atoms with E-state index in [9.17, 15) is 9.18 Å². The minimum atomic E-state index is -0.284. The molecule has 0 atom stereocenters. The van der Waals surface area contributed by atoms with Crippen LogP contribution >= 0.6 is 0 Å². The SMILES string of the molecule is Cc1cccc(CNC(=O)N2CCN(c3nc(N)nc4ccc(-c5cccc(F)c5)cc34)CC2)c1. The highest BCUT2D eigenvalue weighted by Crippen LogP contribution is 2.30. The van der Waals surface area contributed by atoms with Crippen molar-refractivity contribution in [1.82, 2.24) is 20.2 Å². The van der Waals surface area contributed by atoms with Gasteiger partial charge < -0.3 is 20.9 Å². The lowest BCUT2D eigenvalue weighted by Crippen LogP contribution is -2.52. The molecule has 1 saturated heterocycles. The number of fused-ring (bicyclic) bond motifs is 1. The molecule has 3 aromatic carbocycles. The number of piperazine rings is 1. The van der Waals surface area contributed by atoms with Crippen LogP contribution in [0.4, 0.5) is 21.0 Å². The van der Waals surface area contributed by atoms with E-state index in [1.165, 1.54) is 17.7 Å². The number of amides is 2. The molecule has 2 amide bonds. The van der Waals surface area contributed by atoms with Crippen LogP contribution in [-0.2, 0) is 6.54 Å². The molecule has 1 aliphatic heterocycles. The molecule has 0 saturated carbocycles. The first-order chi connectivity index (χ1) is 17.0. The Kier molecular flexibility index (Phi) is 6.18. The van der Waals surface area contributed by atoms with Crippen LogP contribution in [0.15, 0.2) is 66.7 Å². The summed E-state index contributed by atoms with van der Waals surface area (Å²) in [4.78, 5) is 25.6. The van der Waals surface area contributed by atoms with Gasteiger partial charge in [0.2, 0.25) is 5.95 Å². The Morgan fingerprint density at radius 1 is 0.971 bits per heavy atom. The first-order valence-corrected chi connectivity index (χ1v) is 11.6. The molecule has 0 aliphatic carbocycles. The highest BCUT2D eigenvalue weighted by atomic mass is 19.1. The Bertz CT molecular complexity index is 1380. The molecule has 8 heteroatoms. The molecule has 1 aliphatic rings. The van der Waals surface area contributed by atoms with Gasteiger partial charge in [0.1, 0.15) is 11.6 Å². The summed E-state index contributed by atoms with van der Waals surface area (Å²) in [5, 5.41) is 3.86. The number of hydrogen-bond acceptors (Lipinski definition) is 5. The summed E-state index contributed by atoms with van der Waals surface area (Å²) in [5.41, 5.74) is 10.6. The van der Waals surface area contributed by atoms with Gasteiger partial charge in [-0.3, -0.25) is 0 Å². The summed E-state index contributed by atoms with van der Waals surface area (Å²) in [6.07, 6.45) is 0. The molecular weight excluding hydrogens is 443 g/mol. The van der Waals surface area contributed by atoms with E-state index in [-0.39, 0.29) is 17.8 Å². The number of carbonyl (C=O) groups is 1. The number of nitrogen functional groups attached to an aromatic ring is 1. The number of nitrogens with zero attached hydrogens (tertiary/aromatic N) is 4. The number of anilines is 2. The van der Waals surface area contributed by atoms with Crippen molar-refractivity contribution in [2.75, 3.05) is 36.8 Å². The topological polar surface area (TPSA) is 87.4 Å². The van der Waals surface area contributed by atoms with Crippen molar-refractivity contribution in [1.29, 1.82) is 0 Å². The first kappa shape index (κ1) is 22.6. The molecule has 3 N–H and O–H groups in total. The van der Waals surface area contributed by atoms with E-state index < -0.39 is 0 Å². The highest BCUT2D eigenvalue weighted by molar-refractivity contribution is 5.94. The number of nitrogens with one attached hydrogen (secondary N) is 1. The quantitative estimate of drug-likeness (QED) is 0.463. The average Bonchev–Trinajstić information content (AvgIpc) is 2.87. The summed E-state index contributed by atoms with van der Waals surface area (Å²) in [6, 6.07) is 20.3. The van der Waals surface area contributed by atoms with Gasteiger partial charge in [-0.05, 0) is 47.9 Å². The van der Waals surface area contributed by atoms with E-state index >= 15 is 0 Å². The molecule has 5 rings (SSSR count). The number of benzene rings is 3. The van der Waals surface area contributed by atoms with Gasteiger partial charge in [0, 0.05) is 38.1 Å². The van der Waals surface area contributed by atoms with E-state index in [0.717, 1.165) is 33.4 Å². The van der Waals surface area contributed by atoms with Gasteiger partial charge >= 0.3 is 6.03 Å². The number of urea groups is 1. The molecule has 1 aromatic heterocycles. The largest absolute Gasteiger partial charge is 0.368 e. The predicted molar refractivity (Wildman–Crippen MR) is 137 cm³/mol. The second kappa shape index (κ2) is 9.58. The molecular formula is C27H27FN6O. The summed E-state index contributed by atoms with van der Waals surface area (Å²) < 4.78 is 13.8. The lowest BCUT2D eigenvalue weighted by Gasteiger charge is -2.35. The van der Waals surface area contributed by atoms with Crippen LogP contribution in [0, 0.1) is 12.7 Å². The fourth-order valence-electron chi connectivity index (χ4n) is 4.45. The van der Waals surface area contributed by atoms with Crippen LogP contribution in [0.3, 0.4) is 0 Å². The molecule has 2 heterocycles. The normalized spacial score (nSPS) is 13.8. The number of aryl methyl sites for hydroxylation is 1. The van der Waals surface area contributed by atoms with Crippen LogP contribution in [0.2, 0.25) is 0 Å². The van der Waals surface area contributed by atoms with Gasteiger partial charge in [0.05, 0.1) is 5.52 Å². The Hall–Kier alpha value is -4.20. The van der Waals surface area contributed by atoms with Crippen LogP contribution in [-0.4, -0.2) is 47.1 Å². The minimum absolute atomic E-state index is 0.0772. The van der Waals surface area contributed by atoms with Crippen molar-refractivity contribution in [2.24, 2.45) is 0 Å². The molecule has 178 valence electrons. The lowest BCUT2D eigenvalue weighted by atomic mass is 10.0. The van der Waals surface area contributed by atoms with E-state index in [1.807, 2.05) is 54.3 Å². The number of hydrogen-bond donors (Lipinski definition) is 2. The van der Waals surface area contributed by atoms with E-state index in [1.54, 1.807) is 6.07 Å². The number of rotatable bonds is 4. The second-order valence-corrected chi connectivity index (χ2v) is 8.77. The Morgan fingerprint density at radius 2 is 1.74 bits per heavy atom. The van der Waals surface area contributed by atoms with Crippen LogP contribution in [0.5, 0.6) is 0 Å². The van der Waals surface area contributed by atoms with Crippen molar-refractivity contribution in [3.63, 3.8) is 0 Å². The minimum Gasteiger partial charge on any atom is -0.368 e. The predicted octanol–water partition coefficient (Wildman–Crippen LogP) is 4.36. The number of aromatic nitrogens is 2. The Balaban J connectivity index is 1.31. The maximum atomic E-state index is 13.8. The molecule has 4 aromatic rings. The fraction of sp³-hybridized carbons (Fsp3) is 0.222. The fourth-order valence-corrected chi connectivity index (χ4v) is 4.45. The summed E-state index contributed by atoms with van der Waals surface area (Å²) in [6.45, 7) is 4.90. The van der Waals surface area contributed by atoms with Gasteiger partial charge in [0.15, 0.2) is 0 Å². The van der Waals surface area contributed by atoms with E-state index in [4.69, 9.17) is 5.73 Å². The smallest absolute Gasteiger partial charge is 0.317 e. The number of carbonyl (C=O) groups excluding carboxylic acids is 1. The van der Waals surface area contributed by atoms with Crippen molar-refractivity contribution in [3.05, 3.63) is 83.7 Å². The van der Waals surface area contributed by atoms with E-state index in [0.29, 0.717) is 32.7 Å². The van der Waals surface area contributed by atoms with Gasteiger partial charge in [-0.1, -0.05) is 48.0 Å². The molecule has 0 unspecified atom stereocenters. The number of halogens is 1. The zero-order chi connectivity index (χ0) is 24.4. The zero-order valence-electron chi connectivity index (χ0n) is 19.5. The Morgan fingerprint density at radius 3 is 2.51 bits per heavy atom. The zero-order valence-corrected chi connectivity index (χ0v) is 19.5. The molecule has 7 nitrogen and oxygen atoms in total. The molecule has 0 bridgehead atoms. The molecule has 0 radical (unpaired) electrons. The second-order valence-electron chi connectivity index (χ2n) is 8.77. The van der Waals surface area contributed by atoms with E-state index in [2.05, 4.69) is 26.3 Å². The molecule has 1 fully saturated rings. The van der Waals surface area contributed by atoms with Crippen molar-refractivity contribution >= 4 is 28.7 Å². The van der Waals surface area contributed by atoms with Gasteiger partial charge in [0.25, 0.3) is 0 Å². The summed E-state index contributed by atoms with van der Waals surface area (Å²) in [5.74, 6) is 0.642. The number of nitrogens with two attached hydrogens (primary N) is 1. The standard InChI is InChI=1S/C27H27FN6O/c1-18-4-2-5-19(14-18)17-30-27(35)34-12-10-33(11-13-34)25-23-16-21(20-6-3-7-22(28)15-20)8-9-24(23)31-26(29)32-25/h2-9,14-16H,10-13,17H2,1H3,(H,30,35)(H2,29,31,32). The Labute approximate surface area is 203 Å². The van der Waals surface area contributed by atoms with Crippen LogP contribution in [0.1, 0.15) is 11.1 Å². The maximum Gasteiger partial charge on any atom is 0.317 e. The third-order valence-electron chi connectivity index (χ3n) is 6.24. The third kappa shape index (κ3) is 5.01. The lowest BCUT2D eigenvalue weighted by molar-refractivity contribution is 0.194. The molecule has 0 spiro atoms.